The molecule has 0 bridgehead atoms. The van der Waals surface area contributed by atoms with Gasteiger partial charge >= 0.3 is 0 Å². The minimum Gasteiger partial charge on any atom is -0.353 e. The molecule has 4 nitrogen and oxygen atoms in total. The summed E-state index contributed by atoms with van der Waals surface area (Å²) in [5.74, 6) is 0.259. The molecular formula is C12H15N3OS. The Kier molecular flexibility index (Phi) is 5.50. The molecule has 1 rings (SSSR count). The smallest absolute Gasteiger partial charge is 0.230 e. The van der Waals surface area contributed by atoms with Gasteiger partial charge in [-0.1, -0.05) is 18.7 Å². The van der Waals surface area contributed by atoms with Crippen molar-refractivity contribution in [3.05, 3.63) is 23.9 Å². The average Bonchev–Trinajstić information content (AvgIpc) is 2.36. The maximum atomic E-state index is 11.5. The van der Waals surface area contributed by atoms with Gasteiger partial charge in [0.05, 0.1) is 11.3 Å². The van der Waals surface area contributed by atoms with Gasteiger partial charge in [-0.25, -0.2) is 4.98 Å². The van der Waals surface area contributed by atoms with E-state index in [0.29, 0.717) is 10.6 Å². The molecule has 0 radical (unpaired) electrons. The highest BCUT2D eigenvalue weighted by molar-refractivity contribution is 7.99. The van der Waals surface area contributed by atoms with Crippen LogP contribution in [0.4, 0.5) is 0 Å². The van der Waals surface area contributed by atoms with Gasteiger partial charge in [0, 0.05) is 12.2 Å². The molecule has 0 spiro atoms. The van der Waals surface area contributed by atoms with E-state index in [2.05, 4.69) is 16.4 Å². The molecule has 1 heterocycles. The minimum atomic E-state index is -0.0288. The van der Waals surface area contributed by atoms with Crippen molar-refractivity contribution in [3.63, 3.8) is 0 Å². The zero-order valence-corrected chi connectivity index (χ0v) is 10.8. The number of aromatic nitrogens is 1. The summed E-state index contributed by atoms with van der Waals surface area (Å²) in [6.07, 6.45) is 2.53. The summed E-state index contributed by atoms with van der Waals surface area (Å²) in [5.41, 5.74) is 0.508. The van der Waals surface area contributed by atoms with Crippen molar-refractivity contribution in [3.8, 4) is 6.07 Å². The van der Waals surface area contributed by atoms with Gasteiger partial charge in [-0.05, 0) is 25.5 Å². The van der Waals surface area contributed by atoms with E-state index in [4.69, 9.17) is 5.26 Å². The summed E-state index contributed by atoms with van der Waals surface area (Å²) < 4.78 is 0. The Hall–Kier alpha value is -1.54. The molecule has 0 unspecified atom stereocenters. The van der Waals surface area contributed by atoms with E-state index in [1.807, 2.05) is 13.8 Å². The Bertz CT molecular complexity index is 428. The maximum Gasteiger partial charge on any atom is 0.230 e. The van der Waals surface area contributed by atoms with Crippen molar-refractivity contribution >= 4 is 17.7 Å². The fraction of sp³-hybridized carbons (Fsp3) is 0.417. The summed E-state index contributed by atoms with van der Waals surface area (Å²) in [5, 5.41) is 12.3. The number of hydrogen-bond donors (Lipinski definition) is 1. The van der Waals surface area contributed by atoms with E-state index in [0.717, 1.165) is 6.42 Å². The summed E-state index contributed by atoms with van der Waals surface area (Å²) in [6, 6.07) is 5.65. The highest BCUT2D eigenvalue weighted by atomic mass is 32.2. The quantitative estimate of drug-likeness (QED) is 0.810. The molecule has 1 atom stereocenters. The van der Waals surface area contributed by atoms with Crippen LogP contribution in [0.25, 0.3) is 0 Å². The molecule has 0 aliphatic carbocycles. The number of nitrogens with zero attached hydrogens (tertiary/aromatic N) is 2. The van der Waals surface area contributed by atoms with Crippen LogP contribution in [0.3, 0.4) is 0 Å². The number of amides is 1. The number of hydrogen-bond acceptors (Lipinski definition) is 4. The summed E-state index contributed by atoms with van der Waals surface area (Å²) in [7, 11) is 0. The second kappa shape index (κ2) is 6.92. The lowest BCUT2D eigenvalue weighted by Gasteiger charge is -2.10. The molecule has 0 aromatic carbocycles. The van der Waals surface area contributed by atoms with Gasteiger partial charge < -0.3 is 5.32 Å². The Labute approximate surface area is 105 Å². The van der Waals surface area contributed by atoms with Crippen LogP contribution in [0.2, 0.25) is 0 Å². The molecule has 1 amide bonds. The van der Waals surface area contributed by atoms with Crippen molar-refractivity contribution in [1.82, 2.24) is 10.3 Å². The lowest BCUT2D eigenvalue weighted by Crippen LogP contribution is -2.33. The van der Waals surface area contributed by atoms with Gasteiger partial charge in [0.15, 0.2) is 0 Å². The molecule has 0 aliphatic rings. The van der Waals surface area contributed by atoms with Gasteiger partial charge in [-0.3, -0.25) is 4.79 Å². The second-order valence-electron chi connectivity index (χ2n) is 3.63. The second-order valence-corrected chi connectivity index (χ2v) is 4.60. The molecule has 0 saturated carbocycles. The zero-order valence-electron chi connectivity index (χ0n) is 9.93. The fourth-order valence-electron chi connectivity index (χ4n) is 1.14. The number of thioether (sulfide) groups is 1. The van der Waals surface area contributed by atoms with Crippen molar-refractivity contribution in [2.75, 3.05) is 5.75 Å². The van der Waals surface area contributed by atoms with E-state index in [-0.39, 0.29) is 17.7 Å². The normalized spacial score (nSPS) is 11.6. The van der Waals surface area contributed by atoms with Crippen LogP contribution in [0.1, 0.15) is 25.8 Å². The molecule has 0 fully saturated rings. The third-order valence-electron chi connectivity index (χ3n) is 2.25. The zero-order chi connectivity index (χ0) is 12.7. The van der Waals surface area contributed by atoms with Crippen LogP contribution in [-0.2, 0) is 4.79 Å². The Balaban J connectivity index is 2.51. The van der Waals surface area contributed by atoms with E-state index in [9.17, 15) is 4.79 Å². The summed E-state index contributed by atoms with van der Waals surface area (Å²) >= 11 is 1.29. The number of nitriles is 1. The molecule has 0 saturated heterocycles. The van der Waals surface area contributed by atoms with Crippen LogP contribution in [-0.4, -0.2) is 22.7 Å². The van der Waals surface area contributed by atoms with Crippen LogP contribution >= 0.6 is 11.8 Å². The molecule has 1 aromatic heterocycles. The summed E-state index contributed by atoms with van der Waals surface area (Å²) in [4.78, 5) is 15.6. The number of rotatable bonds is 5. The first kappa shape index (κ1) is 13.5. The number of carbonyl (C=O) groups is 1. The average molecular weight is 249 g/mol. The third kappa shape index (κ3) is 4.45. The van der Waals surface area contributed by atoms with E-state index in [1.54, 1.807) is 18.3 Å². The van der Waals surface area contributed by atoms with E-state index >= 15 is 0 Å². The SMILES string of the molecule is CC[C@H](C)NC(=O)CSc1ncccc1C#N. The standard InChI is InChI=1S/C12H15N3OS/c1-3-9(2)15-11(16)8-17-12-10(7-13)5-4-6-14-12/h4-6,9H,3,8H2,1-2H3,(H,15,16)/t9-/m0/s1. The highest BCUT2D eigenvalue weighted by Crippen LogP contribution is 2.18. The first-order valence-electron chi connectivity index (χ1n) is 5.44. The van der Waals surface area contributed by atoms with Gasteiger partial charge in [-0.15, -0.1) is 0 Å². The lowest BCUT2D eigenvalue weighted by molar-refractivity contribution is -0.119. The first-order chi connectivity index (χ1) is 8.17. The van der Waals surface area contributed by atoms with Gasteiger partial charge in [0.2, 0.25) is 5.91 Å². The molecule has 0 aliphatic heterocycles. The Morgan fingerprint density at radius 1 is 1.71 bits per heavy atom. The lowest BCUT2D eigenvalue weighted by atomic mass is 10.3. The molecule has 1 aromatic rings. The van der Waals surface area contributed by atoms with Crippen molar-refractivity contribution in [2.24, 2.45) is 0 Å². The monoisotopic (exact) mass is 249 g/mol. The number of carbonyl (C=O) groups excluding carboxylic acids is 1. The van der Waals surface area contributed by atoms with Crippen LogP contribution in [0, 0.1) is 11.3 Å². The van der Waals surface area contributed by atoms with Crippen LogP contribution in [0.15, 0.2) is 23.4 Å². The van der Waals surface area contributed by atoms with E-state index < -0.39 is 0 Å². The van der Waals surface area contributed by atoms with Crippen molar-refractivity contribution in [1.29, 1.82) is 5.26 Å². The van der Waals surface area contributed by atoms with Crippen LogP contribution < -0.4 is 5.32 Å². The first-order valence-corrected chi connectivity index (χ1v) is 6.43. The molecule has 5 heteroatoms. The topological polar surface area (TPSA) is 65.8 Å². The van der Waals surface area contributed by atoms with Crippen LogP contribution in [0.5, 0.6) is 0 Å². The fourth-order valence-corrected chi connectivity index (χ4v) is 1.90. The largest absolute Gasteiger partial charge is 0.353 e. The number of pyridine rings is 1. The molecule has 1 N–H and O–H groups in total. The number of nitrogens with one attached hydrogen (secondary N) is 1. The predicted molar refractivity (Wildman–Crippen MR) is 67.6 cm³/mol. The van der Waals surface area contributed by atoms with Crippen molar-refractivity contribution < 1.29 is 4.79 Å². The molecule has 17 heavy (non-hydrogen) atoms. The molecular weight excluding hydrogens is 234 g/mol. The van der Waals surface area contributed by atoms with E-state index in [1.165, 1.54) is 11.8 Å². The third-order valence-corrected chi connectivity index (χ3v) is 3.26. The van der Waals surface area contributed by atoms with Crippen molar-refractivity contribution in [2.45, 2.75) is 31.3 Å². The predicted octanol–water partition coefficient (Wildman–Crippen LogP) is 1.96. The highest BCUT2D eigenvalue weighted by Gasteiger charge is 2.09. The minimum absolute atomic E-state index is 0.0288. The summed E-state index contributed by atoms with van der Waals surface area (Å²) in [6.45, 7) is 3.98. The van der Waals surface area contributed by atoms with Gasteiger partial charge in [0.25, 0.3) is 0 Å². The van der Waals surface area contributed by atoms with Gasteiger partial charge in [0.1, 0.15) is 11.1 Å². The Morgan fingerprint density at radius 2 is 2.47 bits per heavy atom. The molecule has 90 valence electrons. The van der Waals surface area contributed by atoms with Gasteiger partial charge in [-0.2, -0.15) is 5.26 Å². The maximum absolute atomic E-state index is 11.5. The Morgan fingerprint density at radius 3 is 3.12 bits per heavy atom.